The zero-order valence-corrected chi connectivity index (χ0v) is 28.4. The number of pyridine rings is 1. The maximum absolute atomic E-state index is 15.8. The summed E-state index contributed by atoms with van der Waals surface area (Å²) < 4.78 is 42.0. The van der Waals surface area contributed by atoms with E-state index in [1.54, 1.807) is 11.0 Å². The zero-order chi connectivity index (χ0) is 33.9. The van der Waals surface area contributed by atoms with Gasteiger partial charge >= 0.3 is 12.2 Å². The molecule has 2 amide bonds. The Labute approximate surface area is 283 Å². The number of aromatic nitrogens is 2. The molecule has 0 atom stereocenters. The molecule has 13 heteroatoms. The third-order valence-electron chi connectivity index (χ3n) is 8.45. The summed E-state index contributed by atoms with van der Waals surface area (Å²) in [6.07, 6.45) is -0.310. The van der Waals surface area contributed by atoms with E-state index in [2.05, 4.69) is 0 Å². The molecular weight excluding hydrogens is 659 g/mol. The average Bonchev–Trinajstić information content (AvgIpc) is 3.66. The number of thiophene rings is 1. The Hall–Kier alpha value is -4.62. The highest BCUT2D eigenvalue weighted by atomic mass is 32.1. The number of hydrogen-bond acceptors (Lipinski definition) is 8. The van der Waals surface area contributed by atoms with Gasteiger partial charge in [0.15, 0.2) is 0 Å². The first-order valence-electron chi connectivity index (χ1n) is 15.4. The average molecular weight is 691 g/mol. The molecule has 0 unspecified atom stereocenters. The standard InChI is InChI=1S/C35H32F2N4O5S2/c1-35(2,3)46-34(44)41-11-9-18-13-19(5-6-20(18)15-41)29-28-23(37)17-47-31(28)27(22-8-7-21(36)14-25(22)45-4)30(39-29)32-38-24-10-12-40(33(42)43)16-26(24)48-32/h5-8,13-14,17H,9-12,15-16H2,1-4H3,(H,42,43). The van der Waals surface area contributed by atoms with Crippen LogP contribution in [0.4, 0.5) is 18.4 Å². The fourth-order valence-electron chi connectivity index (χ4n) is 6.20. The number of carbonyl (C=O) groups excluding carboxylic acids is 1. The smallest absolute Gasteiger partial charge is 0.410 e. The number of halogens is 2. The largest absolute Gasteiger partial charge is 0.496 e. The molecule has 0 aliphatic carbocycles. The molecule has 48 heavy (non-hydrogen) atoms. The van der Waals surface area contributed by atoms with E-state index in [4.69, 9.17) is 19.4 Å². The summed E-state index contributed by atoms with van der Waals surface area (Å²) in [5.41, 5.74) is 4.91. The Morgan fingerprint density at radius 1 is 0.958 bits per heavy atom. The summed E-state index contributed by atoms with van der Waals surface area (Å²) >= 11 is 2.57. The van der Waals surface area contributed by atoms with Gasteiger partial charge in [0, 0.05) is 63.8 Å². The lowest BCUT2D eigenvalue weighted by atomic mass is 9.94. The van der Waals surface area contributed by atoms with Gasteiger partial charge in [0.1, 0.15) is 33.7 Å². The van der Waals surface area contributed by atoms with Crippen LogP contribution in [-0.4, -0.2) is 62.9 Å². The Balaban J connectivity index is 1.39. The number of methoxy groups -OCH3 is 1. The molecule has 1 N–H and O–H groups in total. The first-order valence-corrected chi connectivity index (χ1v) is 17.1. The number of amides is 2. The number of carboxylic acid groups (broad SMARTS) is 1. The van der Waals surface area contributed by atoms with Gasteiger partial charge < -0.3 is 24.4 Å². The first kappa shape index (κ1) is 32.0. The van der Waals surface area contributed by atoms with E-state index in [9.17, 15) is 19.1 Å². The van der Waals surface area contributed by atoms with Gasteiger partial charge in [-0.3, -0.25) is 0 Å². The number of ether oxygens (including phenoxy) is 2. The predicted octanol–water partition coefficient (Wildman–Crippen LogP) is 8.37. The summed E-state index contributed by atoms with van der Waals surface area (Å²) in [5.74, 6) is -0.647. The summed E-state index contributed by atoms with van der Waals surface area (Å²) in [6.45, 7) is 6.93. The van der Waals surface area contributed by atoms with Gasteiger partial charge in [-0.25, -0.2) is 28.3 Å². The van der Waals surface area contributed by atoms with Crippen LogP contribution < -0.4 is 4.74 Å². The summed E-state index contributed by atoms with van der Waals surface area (Å²) in [6, 6.07) is 10.0. The van der Waals surface area contributed by atoms with Crippen LogP contribution in [0.3, 0.4) is 0 Å². The topological polar surface area (TPSA) is 105 Å². The number of benzene rings is 2. The van der Waals surface area contributed by atoms with Gasteiger partial charge in [0.2, 0.25) is 0 Å². The van der Waals surface area contributed by atoms with Crippen LogP contribution >= 0.6 is 22.7 Å². The minimum atomic E-state index is -0.996. The Kier molecular flexibility index (Phi) is 8.07. The normalized spacial score (nSPS) is 14.5. The molecule has 0 fully saturated rings. The fraction of sp³-hybridized carbons (Fsp3) is 0.314. The van der Waals surface area contributed by atoms with Gasteiger partial charge in [0.05, 0.1) is 30.4 Å². The van der Waals surface area contributed by atoms with Crippen molar-refractivity contribution in [3.8, 4) is 38.8 Å². The van der Waals surface area contributed by atoms with E-state index >= 15 is 4.39 Å². The lowest BCUT2D eigenvalue weighted by molar-refractivity contribution is 0.0224. The minimum absolute atomic E-state index is 0.214. The molecule has 5 aromatic rings. The number of nitrogens with zero attached hydrogens (tertiary/aromatic N) is 4. The highest BCUT2D eigenvalue weighted by Crippen LogP contribution is 2.48. The van der Waals surface area contributed by atoms with Crippen molar-refractivity contribution in [3.05, 3.63) is 75.1 Å². The van der Waals surface area contributed by atoms with E-state index < -0.39 is 23.3 Å². The molecule has 0 saturated heterocycles. The van der Waals surface area contributed by atoms with Crippen LogP contribution in [0.2, 0.25) is 0 Å². The van der Waals surface area contributed by atoms with E-state index in [0.29, 0.717) is 75.6 Å². The first-order chi connectivity index (χ1) is 22.9. The second-order valence-corrected chi connectivity index (χ2v) is 14.8. The Bertz CT molecular complexity index is 2100. The van der Waals surface area contributed by atoms with Gasteiger partial charge in [-0.05, 0) is 56.5 Å². The SMILES string of the molecule is COc1cc(F)ccc1-c1c(-c2nc3c(s2)CN(C(=O)O)CC3)nc(-c2ccc3c(c2)CCN(C(=O)OC(C)(C)C)C3)c2c(F)csc12. The fourth-order valence-corrected chi connectivity index (χ4v) is 8.30. The van der Waals surface area contributed by atoms with Crippen molar-refractivity contribution in [2.24, 2.45) is 0 Å². The molecule has 0 spiro atoms. The van der Waals surface area contributed by atoms with Gasteiger partial charge in [-0.2, -0.15) is 0 Å². The van der Waals surface area contributed by atoms with Crippen LogP contribution in [0.5, 0.6) is 5.75 Å². The van der Waals surface area contributed by atoms with Crippen LogP contribution in [-0.2, 0) is 30.7 Å². The van der Waals surface area contributed by atoms with Crippen LogP contribution in [0.15, 0.2) is 41.8 Å². The molecule has 7 rings (SSSR count). The maximum atomic E-state index is 15.8. The predicted molar refractivity (Wildman–Crippen MR) is 181 cm³/mol. The molecule has 248 valence electrons. The second kappa shape index (κ2) is 12.1. The van der Waals surface area contributed by atoms with Crippen LogP contribution in [0.25, 0.3) is 43.2 Å². The van der Waals surface area contributed by atoms with E-state index in [1.165, 1.54) is 52.2 Å². The van der Waals surface area contributed by atoms with Crippen molar-refractivity contribution in [2.45, 2.75) is 52.3 Å². The second-order valence-electron chi connectivity index (χ2n) is 12.8. The van der Waals surface area contributed by atoms with Gasteiger partial charge in [-0.1, -0.05) is 12.1 Å². The Morgan fingerprint density at radius 3 is 2.50 bits per heavy atom. The summed E-state index contributed by atoms with van der Waals surface area (Å²) in [4.78, 5) is 38.4. The lowest BCUT2D eigenvalue weighted by Crippen LogP contribution is -2.39. The van der Waals surface area contributed by atoms with Gasteiger partial charge in [0.25, 0.3) is 0 Å². The summed E-state index contributed by atoms with van der Waals surface area (Å²) in [7, 11) is 1.45. The third-order valence-corrected chi connectivity index (χ3v) is 10.5. The highest BCUT2D eigenvalue weighted by molar-refractivity contribution is 7.18. The van der Waals surface area contributed by atoms with E-state index in [-0.39, 0.29) is 18.4 Å². The molecule has 2 aliphatic heterocycles. The molecule has 5 heterocycles. The highest BCUT2D eigenvalue weighted by Gasteiger charge is 2.30. The zero-order valence-electron chi connectivity index (χ0n) is 26.7. The van der Waals surface area contributed by atoms with Crippen molar-refractivity contribution in [1.29, 1.82) is 0 Å². The van der Waals surface area contributed by atoms with E-state index in [1.807, 2.05) is 39.0 Å². The van der Waals surface area contributed by atoms with Crippen molar-refractivity contribution in [2.75, 3.05) is 20.2 Å². The quantitative estimate of drug-likeness (QED) is 0.202. The molecule has 0 bridgehead atoms. The molecular formula is C35H32F2N4O5S2. The minimum Gasteiger partial charge on any atom is -0.496 e. The monoisotopic (exact) mass is 690 g/mol. The molecule has 0 saturated carbocycles. The number of hydrogen-bond donors (Lipinski definition) is 1. The number of carbonyl (C=O) groups is 2. The molecule has 0 radical (unpaired) electrons. The molecule has 3 aromatic heterocycles. The number of rotatable bonds is 4. The van der Waals surface area contributed by atoms with Crippen LogP contribution in [0, 0.1) is 11.6 Å². The molecule has 9 nitrogen and oxygen atoms in total. The maximum Gasteiger partial charge on any atom is 0.410 e. The van der Waals surface area contributed by atoms with Crippen molar-refractivity contribution in [1.82, 2.24) is 19.8 Å². The van der Waals surface area contributed by atoms with Crippen molar-refractivity contribution < 1.29 is 33.0 Å². The molecule has 2 aromatic carbocycles. The molecule has 2 aliphatic rings. The van der Waals surface area contributed by atoms with Crippen molar-refractivity contribution >= 4 is 44.9 Å². The Morgan fingerprint density at radius 2 is 1.75 bits per heavy atom. The lowest BCUT2D eigenvalue weighted by Gasteiger charge is -2.31. The van der Waals surface area contributed by atoms with Gasteiger partial charge in [-0.15, -0.1) is 22.7 Å². The number of fused-ring (bicyclic) bond motifs is 3. The summed E-state index contributed by atoms with van der Waals surface area (Å²) in [5, 5.41) is 11.9. The number of thiazole rings is 1. The van der Waals surface area contributed by atoms with E-state index in [0.717, 1.165) is 21.7 Å². The van der Waals surface area contributed by atoms with Crippen molar-refractivity contribution in [3.63, 3.8) is 0 Å². The third kappa shape index (κ3) is 5.85. The van der Waals surface area contributed by atoms with Crippen LogP contribution in [0.1, 0.15) is 42.5 Å².